The summed E-state index contributed by atoms with van der Waals surface area (Å²) in [7, 11) is 3.13. The van der Waals surface area contributed by atoms with Gasteiger partial charge in [-0.3, -0.25) is 0 Å². The van der Waals surface area contributed by atoms with Gasteiger partial charge in [0.05, 0.1) is 29.3 Å². The van der Waals surface area contributed by atoms with E-state index in [9.17, 15) is 5.11 Å². The summed E-state index contributed by atoms with van der Waals surface area (Å²) in [5, 5.41) is 14.9. The molecular formula is C22H22ClN3O5. The highest BCUT2D eigenvalue weighted by atomic mass is 35.5. The van der Waals surface area contributed by atoms with Gasteiger partial charge in [0, 0.05) is 19.8 Å². The summed E-state index contributed by atoms with van der Waals surface area (Å²) in [6.07, 6.45) is 6.82. The Morgan fingerprint density at radius 3 is 2.55 bits per heavy atom. The number of aromatic hydroxyl groups is 1. The fraction of sp³-hybridized carbons (Fsp3) is 0.273. The molecule has 0 atom stereocenters. The van der Waals surface area contributed by atoms with Crippen molar-refractivity contribution in [2.45, 2.75) is 0 Å². The Balaban J connectivity index is 2.07. The first-order valence-electron chi connectivity index (χ1n) is 9.37. The molecule has 0 unspecified atom stereocenters. The average Bonchev–Trinajstić information content (AvgIpc) is 2.78. The van der Waals surface area contributed by atoms with E-state index in [0.29, 0.717) is 46.4 Å². The molecule has 0 spiro atoms. The van der Waals surface area contributed by atoms with Crippen LogP contribution in [-0.2, 0) is 9.47 Å². The van der Waals surface area contributed by atoms with E-state index in [1.54, 1.807) is 38.5 Å². The maximum absolute atomic E-state index is 10.9. The smallest absolute Gasteiger partial charge is 0.205 e. The molecule has 0 aliphatic rings. The third-order valence-electron chi connectivity index (χ3n) is 4.31. The number of benzene rings is 2. The number of hydrogen-bond donors (Lipinski definition) is 2. The van der Waals surface area contributed by atoms with Gasteiger partial charge in [0.2, 0.25) is 5.75 Å². The highest BCUT2D eigenvalue weighted by Crippen LogP contribution is 2.44. The first-order chi connectivity index (χ1) is 15.1. The van der Waals surface area contributed by atoms with Crippen molar-refractivity contribution in [3.63, 3.8) is 0 Å². The molecule has 31 heavy (non-hydrogen) atoms. The van der Waals surface area contributed by atoms with E-state index >= 15 is 0 Å². The lowest BCUT2D eigenvalue weighted by atomic mass is 10.1. The summed E-state index contributed by atoms with van der Waals surface area (Å²) >= 11 is 6.38. The number of nitrogens with zero attached hydrogens (tertiary/aromatic N) is 2. The molecule has 0 fully saturated rings. The maximum atomic E-state index is 10.9. The third-order valence-corrected chi connectivity index (χ3v) is 4.72. The number of terminal acetylenes is 1. The molecule has 0 aliphatic carbocycles. The van der Waals surface area contributed by atoms with Crippen molar-refractivity contribution in [3.8, 4) is 29.6 Å². The van der Waals surface area contributed by atoms with E-state index in [1.807, 2.05) is 0 Å². The summed E-state index contributed by atoms with van der Waals surface area (Å²) in [5.41, 5.74) is 1.40. The van der Waals surface area contributed by atoms with Gasteiger partial charge in [0.25, 0.3) is 0 Å². The first-order valence-corrected chi connectivity index (χ1v) is 9.74. The number of aromatic nitrogens is 2. The van der Waals surface area contributed by atoms with Gasteiger partial charge in [-0.15, -0.1) is 6.42 Å². The number of anilines is 2. The number of methoxy groups -OCH3 is 2. The lowest BCUT2D eigenvalue weighted by Gasteiger charge is -2.17. The second kappa shape index (κ2) is 10.7. The van der Waals surface area contributed by atoms with Crippen LogP contribution in [0.3, 0.4) is 0 Å². The number of ether oxygens (including phenoxy) is 4. The third kappa shape index (κ3) is 5.09. The van der Waals surface area contributed by atoms with Crippen molar-refractivity contribution in [2.75, 3.05) is 46.0 Å². The molecular weight excluding hydrogens is 422 g/mol. The Morgan fingerprint density at radius 2 is 1.84 bits per heavy atom. The molecule has 0 aliphatic heterocycles. The van der Waals surface area contributed by atoms with Crippen LogP contribution in [0.2, 0.25) is 5.02 Å². The van der Waals surface area contributed by atoms with E-state index in [1.165, 1.54) is 6.33 Å². The Morgan fingerprint density at radius 1 is 1.10 bits per heavy atom. The molecule has 9 heteroatoms. The summed E-state index contributed by atoms with van der Waals surface area (Å²) in [6.45, 7) is 1.19. The SMILES string of the molecule is C#Cc1cccc(Nc2ncnc3c(O)c(OCCOC)c(OCCOC)cc23)c1Cl. The molecule has 1 aromatic heterocycles. The molecule has 3 rings (SSSR count). The largest absolute Gasteiger partial charge is 0.503 e. The van der Waals surface area contributed by atoms with Crippen LogP contribution in [0.4, 0.5) is 11.5 Å². The lowest BCUT2D eigenvalue weighted by Crippen LogP contribution is -2.09. The van der Waals surface area contributed by atoms with Crippen molar-refractivity contribution in [1.29, 1.82) is 0 Å². The zero-order valence-electron chi connectivity index (χ0n) is 17.1. The van der Waals surface area contributed by atoms with Crippen LogP contribution in [0, 0.1) is 12.3 Å². The molecule has 0 saturated carbocycles. The summed E-state index contributed by atoms with van der Waals surface area (Å²) in [5.74, 6) is 3.26. The summed E-state index contributed by atoms with van der Waals surface area (Å²) < 4.78 is 21.5. The fourth-order valence-electron chi connectivity index (χ4n) is 2.82. The van der Waals surface area contributed by atoms with Gasteiger partial charge in [-0.05, 0) is 18.2 Å². The zero-order chi connectivity index (χ0) is 22.2. The van der Waals surface area contributed by atoms with Crippen molar-refractivity contribution in [3.05, 3.63) is 41.2 Å². The number of phenols is 1. The van der Waals surface area contributed by atoms with Gasteiger partial charge in [0.1, 0.15) is 30.9 Å². The Kier molecular flexibility index (Phi) is 7.73. The summed E-state index contributed by atoms with van der Waals surface area (Å²) in [4.78, 5) is 8.51. The van der Waals surface area contributed by atoms with Crippen molar-refractivity contribution >= 4 is 34.0 Å². The Bertz CT molecular complexity index is 1100. The van der Waals surface area contributed by atoms with Crippen molar-refractivity contribution in [1.82, 2.24) is 9.97 Å². The van der Waals surface area contributed by atoms with Gasteiger partial charge >= 0.3 is 0 Å². The molecule has 162 valence electrons. The Hall–Kier alpha value is -3.25. The molecule has 0 saturated heterocycles. The molecule has 2 aromatic carbocycles. The number of halogens is 1. The Labute approximate surface area is 185 Å². The van der Waals surface area contributed by atoms with Gasteiger partial charge in [-0.25, -0.2) is 9.97 Å². The number of fused-ring (bicyclic) bond motifs is 1. The van der Waals surface area contributed by atoms with Crippen LogP contribution >= 0.6 is 11.6 Å². The van der Waals surface area contributed by atoms with Gasteiger partial charge in [0.15, 0.2) is 11.5 Å². The molecule has 2 N–H and O–H groups in total. The minimum Gasteiger partial charge on any atom is -0.503 e. The van der Waals surface area contributed by atoms with E-state index in [4.69, 9.17) is 37.0 Å². The fourth-order valence-corrected chi connectivity index (χ4v) is 3.05. The lowest BCUT2D eigenvalue weighted by molar-refractivity contribution is 0.131. The minimum absolute atomic E-state index is 0.165. The van der Waals surface area contributed by atoms with Crippen LogP contribution in [0.1, 0.15) is 5.56 Å². The molecule has 1 heterocycles. The number of rotatable bonds is 10. The van der Waals surface area contributed by atoms with Gasteiger partial charge < -0.3 is 29.4 Å². The molecule has 3 aromatic rings. The van der Waals surface area contributed by atoms with Gasteiger partial charge in [-0.2, -0.15) is 0 Å². The number of hydrogen-bond acceptors (Lipinski definition) is 8. The topological polar surface area (TPSA) is 95.0 Å². The van der Waals surface area contributed by atoms with Crippen molar-refractivity contribution < 1.29 is 24.1 Å². The zero-order valence-corrected chi connectivity index (χ0v) is 17.9. The molecule has 0 radical (unpaired) electrons. The van der Waals surface area contributed by atoms with Gasteiger partial charge in [-0.1, -0.05) is 23.6 Å². The quantitative estimate of drug-likeness (QED) is 0.361. The first kappa shape index (κ1) is 22.4. The second-order valence-corrected chi connectivity index (χ2v) is 6.67. The van der Waals surface area contributed by atoms with E-state index in [-0.39, 0.29) is 30.2 Å². The number of phenolic OH excluding ortho intramolecular Hbond substituents is 1. The van der Waals surface area contributed by atoms with Crippen LogP contribution in [0.15, 0.2) is 30.6 Å². The predicted octanol–water partition coefficient (Wildman–Crippen LogP) is 3.76. The molecule has 0 amide bonds. The highest BCUT2D eigenvalue weighted by molar-refractivity contribution is 6.34. The van der Waals surface area contributed by atoms with E-state index in [0.717, 1.165) is 0 Å². The van der Waals surface area contributed by atoms with Crippen molar-refractivity contribution in [2.24, 2.45) is 0 Å². The second-order valence-electron chi connectivity index (χ2n) is 6.29. The average molecular weight is 444 g/mol. The monoisotopic (exact) mass is 443 g/mol. The molecule has 0 bridgehead atoms. The van der Waals surface area contributed by atoms with E-state index in [2.05, 4.69) is 21.2 Å². The van der Waals surface area contributed by atoms with Crippen LogP contribution in [0.25, 0.3) is 10.9 Å². The van der Waals surface area contributed by atoms with Crippen LogP contribution in [-0.4, -0.2) is 55.7 Å². The van der Waals surface area contributed by atoms with E-state index < -0.39 is 0 Å². The normalized spacial score (nSPS) is 10.6. The number of nitrogens with one attached hydrogen (secondary N) is 1. The summed E-state index contributed by atoms with van der Waals surface area (Å²) in [6, 6.07) is 6.98. The minimum atomic E-state index is -0.171. The van der Waals surface area contributed by atoms with Crippen LogP contribution < -0.4 is 14.8 Å². The van der Waals surface area contributed by atoms with Crippen LogP contribution in [0.5, 0.6) is 17.2 Å². The predicted molar refractivity (Wildman–Crippen MR) is 119 cm³/mol. The molecule has 8 nitrogen and oxygen atoms in total. The standard InChI is InChI=1S/C22H22ClN3O5/c1-4-14-6-5-7-16(18(14)23)26-22-15-12-17(30-10-8-28-2)21(31-11-9-29-3)20(27)19(15)24-13-25-22/h1,5-7,12-13,27H,8-11H2,2-3H3,(H,24,25,26). The highest BCUT2D eigenvalue weighted by Gasteiger charge is 2.20. The maximum Gasteiger partial charge on any atom is 0.205 e.